The van der Waals surface area contributed by atoms with Crippen LogP contribution in [0.5, 0.6) is 5.75 Å². The number of nitrogens with zero attached hydrogens (tertiary/aromatic N) is 2. The van der Waals surface area contributed by atoms with Crippen molar-refractivity contribution < 1.29 is 14.2 Å². The maximum Gasteiger partial charge on any atom is 0.162 e. The van der Waals surface area contributed by atoms with Gasteiger partial charge in [0.25, 0.3) is 0 Å². The van der Waals surface area contributed by atoms with Crippen LogP contribution in [0.3, 0.4) is 0 Å². The van der Waals surface area contributed by atoms with E-state index in [0.29, 0.717) is 22.6 Å². The van der Waals surface area contributed by atoms with Gasteiger partial charge < -0.3 is 9.84 Å². The number of benzene rings is 1. The van der Waals surface area contributed by atoms with E-state index in [1.54, 1.807) is 30.8 Å². The lowest BCUT2D eigenvalue weighted by Crippen LogP contribution is -2.08. The number of ether oxygens (including phenoxy) is 1. The molecule has 0 aliphatic rings. The van der Waals surface area contributed by atoms with Crippen LogP contribution in [-0.4, -0.2) is 22.0 Å². The number of hydrogen-bond donors (Lipinski definition) is 1. The third kappa shape index (κ3) is 2.09. The van der Waals surface area contributed by atoms with Crippen LogP contribution in [-0.2, 0) is 7.05 Å². The van der Waals surface area contributed by atoms with Gasteiger partial charge >= 0.3 is 0 Å². The summed E-state index contributed by atoms with van der Waals surface area (Å²) in [5, 5.41) is 14.4. The molecule has 2 rings (SSSR count). The van der Waals surface area contributed by atoms with E-state index in [1.807, 2.05) is 0 Å². The SMILES string of the molecule is COc1cnn(C)c1C(O)c1ccc(F)c(C)c1. The largest absolute Gasteiger partial charge is 0.493 e. The van der Waals surface area contributed by atoms with Crippen LogP contribution in [0.25, 0.3) is 0 Å². The molecule has 1 aromatic carbocycles. The first kappa shape index (κ1) is 12.6. The van der Waals surface area contributed by atoms with Gasteiger partial charge in [0.2, 0.25) is 0 Å². The molecule has 4 nitrogen and oxygen atoms in total. The van der Waals surface area contributed by atoms with E-state index >= 15 is 0 Å². The standard InChI is InChI=1S/C13H15FN2O2/c1-8-6-9(4-5-10(8)14)13(17)12-11(18-3)7-15-16(12)2/h4-7,13,17H,1-3H3. The van der Waals surface area contributed by atoms with Crippen LogP contribution >= 0.6 is 0 Å². The summed E-state index contributed by atoms with van der Waals surface area (Å²) in [6.45, 7) is 1.66. The maximum atomic E-state index is 13.2. The molecular formula is C13H15FN2O2. The molecule has 5 heteroatoms. The summed E-state index contributed by atoms with van der Waals surface area (Å²) >= 11 is 0. The average Bonchev–Trinajstić information content (AvgIpc) is 2.73. The zero-order valence-electron chi connectivity index (χ0n) is 10.5. The molecule has 0 amide bonds. The first-order valence-electron chi connectivity index (χ1n) is 5.54. The topological polar surface area (TPSA) is 47.3 Å². The van der Waals surface area contributed by atoms with Crippen LogP contribution in [0.1, 0.15) is 22.9 Å². The average molecular weight is 250 g/mol. The van der Waals surface area contributed by atoms with E-state index in [9.17, 15) is 9.50 Å². The van der Waals surface area contributed by atoms with E-state index in [0.717, 1.165) is 0 Å². The van der Waals surface area contributed by atoms with Crippen LogP contribution in [0.2, 0.25) is 0 Å². The molecule has 0 fully saturated rings. The third-order valence-electron chi connectivity index (χ3n) is 2.93. The summed E-state index contributed by atoms with van der Waals surface area (Å²) in [6, 6.07) is 4.52. The molecular weight excluding hydrogens is 235 g/mol. The molecule has 96 valence electrons. The fraction of sp³-hybridized carbons (Fsp3) is 0.308. The zero-order valence-corrected chi connectivity index (χ0v) is 10.5. The van der Waals surface area contributed by atoms with Gasteiger partial charge in [0.15, 0.2) is 5.75 Å². The van der Waals surface area contributed by atoms with Gasteiger partial charge in [-0.3, -0.25) is 4.68 Å². The predicted molar refractivity (Wildman–Crippen MR) is 65.0 cm³/mol. The smallest absolute Gasteiger partial charge is 0.162 e. The Morgan fingerprint density at radius 3 is 2.78 bits per heavy atom. The summed E-state index contributed by atoms with van der Waals surface area (Å²) in [4.78, 5) is 0. The van der Waals surface area contributed by atoms with Crippen molar-refractivity contribution >= 4 is 0 Å². The molecule has 0 aliphatic carbocycles. The molecule has 0 saturated carbocycles. The second-order valence-corrected chi connectivity index (χ2v) is 4.13. The number of hydrogen-bond acceptors (Lipinski definition) is 3. The summed E-state index contributed by atoms with van der Waals surface area (Å²) in [6.07, 6.45) is 0.640. The number of aromatic nitrogens is 2. The number of rotatable bonds is 3. The Morgan fingerprint density at radius 2 is 2.17 bits per heavy atom. The van der Waals surface area contributed by atoms with Crippen molar-refractivity contribution in [2.24, 2.45) is 7.05 Å². The van der Waals surface area contributed by atoms with Crippen molar-refractivity contribution in [2.75, 3.05) is 7.11 Å². The molecule has 0 radical (unpaired) electrons. The molecule has 1 atom stereocenters. The predicted octanol–water partition coefficient (Wildman–Crippen LogP) is 1.96. The second-order valence-electron chi connectivity index (χ2n) is 4.13. The number of methoxy groups -OCH3 is 1. The molecule has 1 aromatic heterocycles. The number of aliphatic hydroxyl groups excluding tert-OH is 1. The highest BCUT2D eigenvalue weighted by atomic mass is 19.1. The zero-order chi connectivity index (χ0) is 13.3. The Labute approximate surface area is 105 Å². The van der Waals surface area contributed by atoms with Crippen LogP contribution in [0, 0.1) is 12.7 Å². The second kappa shape index (κ2) is 4.78. The minimum atomic E-state index is -0.897. The number of halogens is 1. The van der Waals surface area contributed by atoms with Crippen molar-refractivity contribution in [2.45, 2.75) is 13.0 Å². The normalized spacial score (nSPS) is 12.5. The summed E-state index contributed by atoms with van der Waals surface area (Å²) in [7, 11) is 3.24. The van der Waals surface area contributed by atoms with E-state index in [2.05, 4.69) is 5.10 Å². The van der Waals surface area contributed by atoms with Gasteiger partial charge in [0.05, 0.1) is 13.3 Å². The third-order valence-corrected chi connectivity index (χ3v) is 2.93. The van der Waals surface area contributed by atoms with Crippen LogP contribution in [0.4, 0.5) is 4.39 Å². The van der Waals surface area contributed by atoms with E-state index < -0.39 is 6.10 Å². The van der Waals surface area contributed by atoms with Crippen molar-refractivity contribution in [1.29, 1.82) is 0 Å². The highest BCUT2D eigenvalue weighted by molar-refractivity contribution is 5.36. The highest BCUT2D eigenvalue weighted by Gasteiger charge is 2.20. The van der Waals surface area contributed by atoms with Gasteiger partial charge in [-0.05, 0) is 24.1 Å². The van der Waals surface area contributed by atoms with Gasteiger partial charge in [-0.25, -0.2) is 4.39 Å². The molecule has 2 aromatic rings. The molecule has 0 saturated heterocycles. The Kier molecular flexibility index (Phi) is 3.34. The van der Waals surface area contributed by atoms with Crippen LogP contribution in [0.15, 0.2) is 24.4 Å². The minimum absolute atomic E-state index is 0.289. The molecule has 1 heterocycles. The lowest BCUT2D eigenvalue weighted by Gasteiger charge is -2.14. The van der Waals surface area contributed by atoms with Crippen LogP contribution < -0.4 is 4.74 Å². The van der Waals surface area contributed by atoms with Gasteiger partial charge in [0.1, 0.15) is 17.6 Å². The number of aliphatic hydroxyl groups is 1. The molecule has 0 spiro atoms. The summed E-state index contributed by atoms with van der Waals surface area (Å²) < 4.78 is 19.9. The van der Waals surface area contributed by atoms with E-state index in [1.165, 1.54) is 19.4 Å². The Morgan fingerprint density at radius 1 is 1.44 bits per heavy atom. The Balaban J connectivity index is 2.44. The van der Waals surface area contributed by atoms with E-state index in [4.69, 9.17) is 4.74 Å². The monoisotopic (exact) mass is 250 g/mol. The van der Waals surface area contributed by atoms with Gasteiger partial charge in [-0.2, -0.15) is 5.10 Å². The number of aryl methyl sites for hydroxylation is 2. The lowest BCUT2D eigenvalue weighted by atomic mass is 10.0. The fourth-order valence-electron chi connectivity index (χ4n) is 1.89. The minimum Gasteiger partial charge on any atom is -0.493 e. The van der Waals surface area contributed by atoms with Gasteiger partial charge in [0, 0.05) is 7.05 Å². The molecule has 0 aliphatic heterocycles. The van der Waals surface area contributed by atoms with E-state index in [-0.39, 0.29) is 5.82 Å². The van der Waals surface area contributed by atoms with Crippen molar-refractivity contribution in [3.05, 3.63) is 47.0 Å². The first-order valence-corrected chi connectivity index (χ1v) is 5.54. The van der Waals surface area contributed by atoms with Crippen molar-refractivity contribution in [3.8, 4) is 5.75 Å². The van der Waals surface area contributed by atoms with Crippen molar-refractivity contribution in [3.63, 3.8) is 0 Å². The Bertz CT molecular complexity index is 566. The fourth-order valence-corrected chi connectivity index (χ4v) is 1.89. The van der Waals surface area contributed by atoms with Gasteiger partial charge in [-0.1, -0.05) is 12.1 Å². The van der Waals surface area contributed by atoms with Crippen molar-refractivity contribution in [1.82, 2.24) is 9.78 Å². The molecule has 1 unspecified atom stereocenters. The summed E-state index contributed by atoms with van der Waals surface area (Å²) in [5.41, 5.74) is 1.65. The maximum absolute atomic E-state index is 13.2. The highest BCUT2D eigenvalue weighted by Crippen LogP contribution is 2.29. The molecule has 1 N–H and O–H groups in total. The quantitative estimate of drug-likeness (QED) is 0.905. The lowest BCUT2D eigenvalue weighted by molar-refractivity contribution is 0.204. The summed E-state index contributed by atoms with van der Waals surface area (Å²) in [5.74, 6) is 0.217. The molecule has 18 heavy (non-hydrogen) atoms. The molecule has 0 bridgehead atoms. The van der Waals surface area contributed by atoms with Gasteiger partial charge in [-0.15, -0.1) is 0 Å². The first-order chi connectivity index (χ1) is 8.54. The Hall–Kier alpha value is -1.88.